The molecular formula is C21H18N6O2. The number of hydrogen-bond acceptors (Lipinski definition) is 7. The molecule has 0 radical (unpaired) electrons. The average molecular weight is 386 g/mol. The van der Waals surface area contributed by atoms with E-state index in [9.17, 15) is 4.79 Å². The Morgan fingerprint density at radius 1 is 0.931 bits per heavy atom. The van der Waals surface area contributed by atoms with Gasteiger partial charge in [-0.05, 0) is 30.3 Å². The third-order valence-corrected chi connectivity index (χ3v) is 4.25. The third-order valence-electron chi connectivity index (χ3n) is 4.25. The highest BCUT2D eigenvalue weighted by Crippen LogP contribution is 2.25. The van der Waals surface area contributed by atoms with Gasteiger partial charge in [0.2, 0.25) is 5.89 Å². The minimum absolute atomic E-state index is 0.0590. The van der Waals surface area contributed by atoms with Gasteiger partial charge in [0.15, 0.2) is 0 Å². The van der Waals surface area contributed by atoms with Gasteiger partial charge in [0, 0.05) is 36.5 Å². The minimum Gasteiger partial charge on any atom is -0.415 e. The highest BCUT2D eigenvalue weighted by molar-refractivity contribution is 5.94. The Bertz CT molecular complexity index is 1170. The van der Waals surface area contributed by atoms with E-state index in [1.807, 2.05) is 24.3 Å². The zero-order valence-corrected chi connectivity index (χ0v) is 15.9. The van der Waals surface area contributed by atoms with Crippen LogP contribution in [0.1, 0.15) is 10.4 Å². The molecule has 2 N–H and O–H groups in total. The minimum atomic E-state index is -0.0590. The van der Waals surface area contributed by atoms with Crippen LogP contribution in [0, 0.1) is 0 Å². The fourth-order valence-corrected chi connectivity index (χ4v) is 2.76. The summed E-state index contributed by atoms with van der Waals surface area (Å²) in [5.41, 5.74) is 9.67. The first kappa shape index (κ1) is 18.3. The SMILES string of the molecule is CN(C)C(=O)c1ccc(-c2cncc(-c3nnc(-c4cccc(N)c4)o3)n2)cc1. The Balaban J connectivity index is 1.62. The van der Waals surface area contributed by atoms with Gasteiger partial charge in [-0.15, -0.1) is 10.2 Å². The molecule has 0 aliphatic rings. The van der Waals surface area contributed by atoms with Gasteiger partial charge in [-0.1, -0.05) is 18.2 Å². The van der Waals surface area contributed by atoms with Crippen LogP contribution in [0.15, 0.2) is 65.3 Å². The van der Waals surface area contributed by atoms with Crippen molar-refractivity contribution in [3.8, 4) is 34.3 Å². The average Bonchev–Trinajstić information content (AvgIpc) is 3.24. The van der Waals surface area contributed by atoms with E-state index in [1.165, 1.54) is 4.90 Å². The number of carbonyl (C=O) groups is 1. The third kappa shape index (κ3) is 3.81. The lowest BCUT2D eigenvalue weighted by Crippen LogP contribution is -2.21. The van der Waals surface area contributed by atoms with E-state index in [1.54, 1.807) is 50.8 Å². The number of rotatable bonds is 4. The highest BCUT2D eigenvalue weighted by atomic mass is 16.4. The van der Waals surface area contributed by atoms with Crippen LogP contribution >= 0.6 is 0 Å². The van der Waals surface area contributed by atoms with Crippen molar-refractivity contribution in [2.45, 2.75) is 0 Å². The maximum absolute atomic E-state index is 12.0. The Kier molecular flexibility index (Phi) is 4.74. The first-order valence-electron chi connectivity index (χ1n) is 8.85. The van der Waals surface area contributed by atoms with Crippen molar-refractivity contribution >= 4 is 11.6 Å². The van der Waals surface area contributed by atoms with E-state index in [-0.39, 0.29) is 11.8 Å². The van der Waals surface area contributed by atoms with Crippen LogP contribution in [0.25, 0.3) is 34.3 Å². The van der Waals surface area contributed by atoms with Crippen molar-refractivity contribution in [1.29, 1.82) is 0 Å². The molecule has 4 aromatic rings. The Labute approximate surface area is 167 Å². The first-order chi connectivity index (χ1) is 14.0. The fourth-order valence-electron chi connectivity index (χ4n) is 2.76. The molecule has 0 saturated heterocycles. The standard InChI is InChI=1S/C21H18N6O2/c1-27(2)21(28)14-8-6-13(7-9-14)17-11-23-12-18(24-17)20-26-25-19(29-20)15-4-3-5-16(22)10-15/h3-12H,22H2,1-2H3. The van der Waals surface area contributed by atoms with Crippen LogP contribution in [0.3, 0.4) is 0 Å². The number of anilines is 1. The van der Waals surface area contributed by atoms with E-state index in [0.717, 1.165) is 11.1 Å². The van der Waals surface area contributed by atoms with Gasteiger partial charge in [-0.25, -0.2) is 4.98 Å². The summed E-state index contributed by atoms with van der Waals surface area (Å²) < 4.78 is 5.75. The molecule has 29 heavy (non-hydrogen) atoms. The van der Waals surface area contributed by atoms with Gasteiger partial charge in [-0.3, -0.25) is 9.78 Å². The molecular weight excluding hydrogens is 368 g/mol. The molecule has 0 atom stereocenters. The van der Waals surface area contributed by atoms with Crippen LogP contribution in [0.5, 0.6) is 0 Å². The number of hydrogen-bond donors (Lipinski definition) is 1. The lowest BCUT2D eigenvalue weighted by Gasteiger charge is -2.10. The van der Waals surface area contributed by atoms with E-state index in [0.29, 0.717) is 28.5 Å². The first-order valence-corrected chi connectivity index (χ1v) is 8.85. The quantitative estimate of drug-likeness (QED) is 0.536. The van der Waals surface area contributed by atoms with Crippen molar-refractivity contribution in [2.24, 2.45) is 0 Å². The fraction of sp³-hybridized carbons (Fsp3) is 0.0952. The van der Waals surface area contributed by atoms with Gasteiger partial charge < -0.3 is 15.1 Å². The largest absolute Gasteiger partial charge is 0.415 e. The van der Waals surface area contributed by atoms with Crippen LogP contribution in [-0.2, 0) is 0 Å². The van der Waals surface area contributed by atoms with Gasteiger partial charge in [-0.2, -0.15) is 0 Å². The molecule has 8 nitrogen and oxygen atoms in total. The molecule has 8 heteroatoms. The van der Waals surface area contributed by atoms with Crippen molar-refractivity contribution in [1.82, 2.24) is 25.1 Å². The van der Waals surface area contributed by atoms with Crippen LogP contribution in [0.4, 0.5) is 5.69 Å². The predicted octanol–water partition coefficient (Wildman–Crippen LogP) is 3.14. The summed E-state index contributed by atoms with van der Waals surface area (Å²) in [7, 11) is 3.43. The van der Waals surface area contributed by atoms with Crippen LogP contribution in [-0.4, -0.2) is 45.1 Å². The molecule has 144 valence electrons. The second-order valence-corrected chi connectivity index (χ2v) is 6.60. The smallest absolute Gasteiger partial charge is 0.268 e. The summed E-state index contributed by atoms with van der Waals surface area (Å²) in [5.74, 6) is 0.554. The molecule has 0 bridgehead atoms. The second kappa shape index (κ2) is 7.51. The molecule has 0 saturated carbocycles. The molecule has 2 heterocycles. The summed E-state index contributed by atoms with van der Waals surface area (Å²) in [5, 5.41) is 8.15. The van der Waals surface area contributed by atoms with Crippen molar-refractivity contribution < 1.29 is 9.21 Å². The number of carbonyl (C=O) groups excluding carboxylic acids is 1. The summed E-state index contributed by atoms with van der Waals surface area (Å²) in [6.07, 6.45) is 3.20. The second-order valence-electron chi connectivity index (χ2n) is 6.60. The van der Waals surface area contributed by atoms with Gasteiger partial charge in [0.25, 0.3) is 11.8 Å². The monoisotopic (exact) mass is 386 g/mol. The Morgan fingerprint density at radius 2 is 1.66 bits per heavy atom. The topological polar surface area (TPSA) is 111 Å². The molecule has 0 fully saturated rings. The Hall–Kier alpha value is -4.07. The van der Waals surface area contributed by atoms with E-state index < -0.39 is 0 Å². The van der Waals surface area contributed by atoms with E-state index >= 15 is 0 Å². The van der Waals surface area contributed by atoms with Gasteiger partial charge in [0.05, 0.1) is 18.1 Å². The molecule has 0 aliphatic heterocycles. The number of benzene rings is 2. The van der Waals surface area contributed by atoms with Crippen molar-refractivity contribution in [2.75, 3.05) is 19.8 Å². The maximum atomic E-state index is 12.0. The summed E-state index contributed by atoms with van der Waals surface area (Å²) in [6.45, 7) is 0. The van der Waals surface area contributed by atoms with Gasteiger partial charge >= 0.3 is 0 Å². The van der Waals surface area contributed by atoms with Crippen LogP contribution in [0.2, 0.25) is 0 Å². The molecule has 2 aromatic heterocycles. The lowest BCUT2D eigenvalue weighted by atomic mass is 10.1. The summed E-state index contributed by atoms with van der Waals surface area (Å²) >= 11 is 0. The molecule has 0 spiro atoms. The van der Waals surface area contributed by atoms with E-state index in [2.05, 4.69) is 20.2 Å². The highest BCUT2D eigenvalue weighted by Gasteiger charge is 2.14. The number of nitrogen functional groups attached to an aromatic ring is 1. The maximum Gasteiger partial charge on any atom is 0.268 e. The molecule has 1 amide bonds. The molecule has 2 aromatic carbocycles. The molecule has 0 unspecified atom stereocenters. The summed E-state index contributed by atoms with van der Waals surface area (Å²) in [6, 6.07) is 14.4. The number of aromatic nitrogens is 4. The number of nitrogens with zero attached hydrogens (tertiary/aromatic N) is 5. The van der Waals surface area contributed by atoms with E-state index in [4.69, 9.17) is 10.2 Å². The zero-order chi connectivity index (χ0) is 20.4. The molecule has 0 aliphatic carbocycles. The lowest BCUT2D eigenvalue weighted by molar-refractivity contribution is 0.0827. The zero-order valence-electron chi connectivity index (χ0n) is 15.9. The normalized spacial score (nSPS) is 10.7. The summed E-state index contributed by atoms with van der Waals surface area (Å²) in [4.78, 5) is 22.4. The van der Waals surface area contributed by atoms with Crippen LogP contribution < -0.4 is 5.73 Å². The van der Waals surface area contributed by atoms with Gasteiger partial charge in [0.1, 0.15) is 5.69 Å². The van der Waals surface area contributed by atoms with Crippen molar-refractivity contribution in [3.05, 3.63) is 66.5 Å². The predicted molar refractivity (Wildman–Crippen MR) is 109 cm³/mol. The number of amides is 1. The molecule has 4 rings (SSSR count). The Morgan fingerprint density at radius 3 is 2.38 bits per heavy atom. The van der Waals surface area contributed by atoms with Crippen molar-refractivity contribution in [3.63, 3.8) is 0 Å². The number of nitrogens with two attached hydrogens (primary N) is 1.